The van der Waals surface area contributed by atoms with Gasteiger partial charge in [0.1, 0.15) is 11.8 Å². The highest BCUT2D eigenvalue weighted by Crippen LogP contribution is 2.37. The van der Waals surface area contributed by atoms with Crippen LogP contribution < -0.4 is 4.74 Å². The molecule has 5 nitrogen and oxygen atoms in total. The zero-order valence-electron chi connectivity index (χ0n) is 12.7. The van der Waals surface area contributed by atoms with Crippen LogP contribution in [-0.4, -0.2) is 23.7 Å². The van der Waals surface area contributed by atoms with Crippen LogP contribution in [0.3, 0.4) is 0 Å². The summed E-state index contributed by atoms with van der Waals surface area (Å²) in [7, 11) is 3.44. The maximum Gasteiger partial charge on any atom is 0.188 e. The first-order chi connectivity index (χ1) is 11.2. The molecule has 2 aromatic carbocycles. The zero-order chi connectivity index (χ0) is 16.4. The predicted molar refractivity (Wildman–Crippen MR) is 96.1 cm³/mol. The Balaban J connectivity index is 2.35. The van der Waals surface area contributed by atoms with Crippen molar-refractivity contribution in [2.75, 3.05) is 13.9 Å². The average molecular weight is 419 g/mol. The Morgan fingerprint density at radius 2 is 2.04 bits per heavy atom. The van der Waals surface area contributed by atoms with Crippen LogP contribution in [0.15, 0.2) is 36.5 Å². The van der Waals surface area contributed by atoms with Crippen molar-refractivity contribution in [1.29, 1.82) is 5.26 Å². The SMILES string of the molecule is COCOc1cc(-c2c(I)cnn2C)c(C#N)c2ccccc12. The molecule has 0 radical (unpaired) electrons. The van der Waals surface area contributed by atoms with Crippen molar-refractivity contribution in [3.63, 3.8) is 0 Å². The van der Waals surface area contributed by atoms with Gasteiger partial charge in [-0.2, -0.15) is 10.4 Å². The highest BCUT2D eigenvalue weighted by molar-refractivity contribution is 14.1. The van der Waals surface area contributed by atoms with Gasteiger partial charge in [-0.05, 0) is 28.7 Å². The predicted octanol–water partition coefficient (Wildman–Crippen LogP) is 3.70. The van der Waals surface area contributed by atoms with Crippen molar-refractivity contribution in [1.82, 2.24) is 9.78 Å². The number of ether oxygens (including phenoxy) is 2. The maximum absolute atomic E-state index is 9.72. The number of nitrogens with zero attached hydrogens (tertiary/aromatic N) is 3. The number of rotatable bonds is 4. The van der Waals surface area contributed by atoms with Crippen molar-refractivity contribution in [2.45, 2.75) is 0 Å². The van der Waals surface area contributed by atoms with Gasteiger partial charge in [0, 0.05) is 30.5 Å². The molecule has 0 fully saturated rings. The van der Waals surface area contributed by atoms with Gasteiger partial charge in [-0.3, -0.25) is 4.68 Å². The normalized spacial score (nSPS) is 10.7. The molecule has 6 heteroatoms. The van der Waals surface area contributed by atoms with Crippen LogP contribution in [0.25, 0.3) is 22.0 Å². The van der Waals surface area contributed by atoms with E-state index in [2.05, 4.69) is 33.8 Å². The number of aryl methyl sites for hydroxylation is 1. The summed E-state index contributed by atoms with van der Waals surface area (Å²) in [5.74, 6) is 0.688. The van der Waals surface area contributed by atoms with Crippen molar-refractivity contribution in [2.24, 2.45) is 7.05 Å². The molecule has 3 aromatic rings. The lowest BCUT2D eigenvalue weighted by Gasteiger charge is -2.14. The van der Waals surface area contributed by atoms with E-state index in [0.29, 0.717) is 11.3 Å². The van der Waals surface area contributed by atoms with Gasteiger partial charge in [0.2, 0.25) is 0 Å². The van der Waals surface area contributed by atoms with Gasteiger partial charge in [-0.1, -0.05) is 24.3 Å². The van der Waals surface area contributed by atoms with Gasteiger partial charge in [0.25, 0.3) is 0 Å². The monoisotopic (exact) mass is 419 g/mol. The van der Waals surface area contributed by atoms with Gasteiger partial charge in [0.05, 0.1) is 21.0 Å². The molecule has 0 N–H and O–H groups in total. The Morgan fingerprint density at radius 1 is 1.30 bits per heavy atom. The lowest BCUT2D eigenvalue weighted by Crippen LogP contribution is -2.02. The highest BCUT2D eigenvalue weighted by Gasteiger charge is 2.18. The fourth-order valence-corrected chi connectivity index (χ4v) is 3.37. The van der Waals surface area contributed by atoms with Gasteiger partial charge >= 0.3 is 0 Å². The first-order valence-electron chi connectivity index (χ1n) is 6.92. The zero-order valence-corrected chi connectivity index (χ0v) is 14.9. The molecule has 1 heterocycles. The summed E-state index contributed by atoms with van der Waals surface area (Å²) in [6.45, 7) is 0.151. The standard InChI is InChI=1S/C17H14IN3O2/c1-21-17(15(18)9-20-21)13-7-16(23-10-22-2)12-6-4-3-5-11(12)14(13)8-19/h3-7,9H,10H2,1-2H3. The lowest BCUT2D eigenvalue weighted by atomic mass is 9.97. The van der Waals surface area contributed by atoms with Crippen LogP contribution in [0.2, 0.25) is 0 Å². The second-order valence-electron chi connectivity index (χ2n) is 4.97. The molecule has 0 aliphatic rings. The Kier molecular flexibility index (Phi) is 4.50. The minimum Gasteiger partial charge on any atom is -0.467 e. The number of nitriles is 1. The number of hydrogen-bond donors (Lipinski definition) is 0. The Morgan fingerprint density at radius 3 is 2.65 bits per heavy atom. The molecule has 0 atom stereocenters. The minimum absolute atomic E-state index is 0.151. The second-order valence-corrected chi connectivity index (χ2v) is 6.13. The number of aromatic nitrogens is 2. The molecule has 3 rings (SSSR count). The molecule has 0 spiro atoms. The first-order valence-corrected chi connectivity index (χ1v) is 8.00. The number of fused-ring (bicyclic) bond motifs is 1. The average Bonchev–Trinajstić information content (AvgIpc) is 2.90. The second kappa shape index (κ2) is 6.56. The van der Waals surface area contributed by atoms with Gasteiger partial charge in [0.15, 0.2) is 6.79 Å². The van der Waals surface area contributed by atoms with Crippen molar-refractivity contribution < 1.29 is 9.47 Å². The smallest absolute Gasteiger partial charge is 0.188 e. The number of halogens is 1. The highest BCUT2D eigenvalue weighted by atomic mass is 127. The summed E-state index contributed by atoms with van der Waals surface area (Å²) in [6.07, 6.45) is 1.78. The van der Waals surface area contributed by atoms with Crippen LogP contribution in [-0.2, 0) is 11.8 Å². The van der Waals surface area contributed by atoms with E-state index >= 15 is 0 Å². The van der Waals surface area contributed by atoms with Gasteiger partial charge < -0.3 is 9.47 Å². The van der Waals surface area contributed by atoms with E-state index in [4.69, 9.17) is 9.47 Å². The van der Waals surface area contributed by atoms with Crippen molar-refractivity contribution >= 4 is 33.4 Å². The van der Waals surface area contributed by atoms with E-state index in [1.807, 2.05) is 37.4 Å². The fourth-order valence-electron chi connectivity index (χ4n) is 2.60. The third-order valence-electron chi connectivity index (χ3n) is 3.60. The Bertz CT molecular complexity index is 893. The van der Waals surface area contributed by atoms with Crippen LogP contribution >= 0.6 is 22.6 Å². The number of benzene rings is 2. The molecule has 116 valence electrons. The molecule has 0 saturated carbocycles. The Labute approximate surface area is 147 Å². The van der Waals surface area contributed by atoms with Crippen LogP contribution in [0.4, 0.5) is 0 Å². The molecule has 0 aliphatic heterocycles. The molecule has 0 amide bonds. The lowest BCUT2D eigenvalue weighted by molar-refractivity contribution is 0.0522. The molecular weight excluding hydrogens is 405 g/mol. The summed E-state index contributed by atoms with van der Waals surface area (Å²) in [5.41, 5.74) is 2.32. The molecule has 1 aromatic heterocycles. The molecular formula is C17H14IN3O2. The topological polar surface area (TPSA) is 60.1 Å². The maximum atomic E-state index is 9.72. The Hall–Kier alpha value is -2.11. The van der Waals surface area contributed by atoms with Crippen molar-refractivity contribution in [3.05, 3.63) is 45.7 Å². The minimum atomic E-state index is 0.151. The summed E-state index contributed by atoms with van der Waals surface area (Å²) in [5, 5.41) is 15.7. The van der Waals surface area contributed by atoms with Gasteiger partial charge in [-0.15, -0.1) is 0 Å². The molecule has 23 heavy (non-hydrogen) atoms. The summed E-state index contributed by atoms with van der Waals surface area (Å²) in [6, 6.07) is 11.9. The fraction of sp³-hybridized carbons (Fsp3) is 0.176. The van der Waals surface area contributed by atoms with Crippen LogP contribution in [0.1, 0.15) is 5.56 Å². The third-order valence-corrected chi connectivity index (χ3v) is 4.39. The summed E-state index contributed by atoms with van der Waals surface area (Å²) >= 11 is 2.22. The summed E-state index contributed by atoms with van der Waals surface area (Å²) in [4.78, 5) is 0. The van der Waals surface area contributed by atoms with E-state index in [-0.39, 0.29) is 6.79 Å². The van der Waals surface area contributed by atoms with E-state index in [1.54, 1.807) is 18.0 Å². The van der Waals surface area contributed by atoms with E-state index in [9.17, 15) is 5.26 Å². The molecule has 0 aliphatic carbocycles. The largest absolute Gasteiger partial charge is 0.467 e. The first kappa shape index (κ1) is 15.8. The number of hydrogen-bond acceptors (Lipinski definition) is 4. The van der Waals surface area contributed by atoms with Gasteiger partial charge in [-0.25, -0.2) is 0 Å². The molecule has 0 unspecified atom stereocenters. The van der Waals surface area contributed by atoms with Crippen molar-refractivity contribution in [3.8, 4) is 23.1 Å². The number of methoxy groups -OCH3 is 1. The quantitative estimate of drug-likeness (QED) is 0.478. The van der Waals surface area contributed by atoms with E-state index in [0.717, 1.165) is 25.6 Å². The molecule has 0 saturated heterocycles. The van der Waals surface area contributed by atoms with E-state index in [1.165, 1.54) is 0 Å². The summed E-state index contributed by atoms with van der Waals surface area (Å²) < 4.78 is 13.5. The van der Waals surface area contributed by atoms with Crippen LogP contribution in [0, 0.1) is 14.9 Å². The third kappa shape index (κ3) is 2.78. The molecule has 0 bridgehead atoms. The van der Waals surface area contributed by atoms with Crippen LogP contribution in [0.5, 0.6) is 5.75 Å². The van der Waals surface area contributed by atoms with E-state index < -0.39 is 0 Å².